The molecule has 1 atom stereocenters. The molecular formula is C19H21N3. The third-order valence-corrected chi connectivity index (χ3v) is 3.97. The second-order valence-electron chi connectivity index (χ2n) is 5.55. The average molecular weight is 291 g/mol. The van der Waals surface area contributed by atoms with Gasteiger partial charge in [-0.15, -0.1) is 0 Å². The summed E-state index contributed by atoms with van der Waals surface area (Å²) >= 11 is 0. The number of hydrogen-bond acceptors (Lipinski definition) is 2. The fourth-order valence-corrected chi connectivity index (χ4v) is 2.52. The maximum Gasteiger partial charge on any atom is 0.0659 e. The van der Waals surface area contributed by atoms with E-state index >= 15 is 0 Å². The summed E-state index contributed by atoms with van der Waals surface area (Å²) in [7, 11) is 1.98. The van der Waals surface area contributed by atoms with Gasteiger partial charge in [0, 0.05) is 17.8 Å². The molecule has 0 aliphatic rings. The van der Waals surface area contributed by atoms with Crippen LogP contribution in [-0.2, 0) is 6.54 Å². The maximum absolute atomic E-state index is 4.48. The molecule has 0 amide bonds. The van der Waals surface area contributed by atoms with E-state index in [-0.39, 0.29) is 0 Å². The number of aromatic nitrogens is 2. The molecule has 0 saturated heterocycles. The van der Waals surface area contributed by atoms with Gasteiger partial charge in [-0.05, 0) is 36.7 Å². The highest BCUT2D eigenvalue weighted by Crippen LogP contribution is 2.23. The fourth-order valence-electron chi connectivity index (χ4n) is 2.52. The van der Waals surface area contributed by atoms with Gasteiger partial charge in [-0.2, -0.15) is 5.10 Å². The number of nitrogens with one attached hydrogen (secondary N) is 1. The van der Waals surface area contributed by atoms with Crippen molar-refractivity contribution in [1.82, 2.24) is 15.1 Å². The molecule has 3 rings (SSSR count). The predicted molar refractivity (Wildman–Crippen MR) is 90.7 cm³/mol. The van der Waals surface area contributed by atoms with E-state index in [0.29, 0.717) is 6.04 Å². The molecule has 0 fully saturated rings. The predicted octanol–water partition coefficient (Wildman–Crippen LogP) is 3.88. The average Bonchev–Trinajstić information content (AvgIpc) is 3.04. The lowest BCUT2D eigenvalue weighted by molar-refractivity contribution is 0.652. The molecule has 0 aliphatic heterocycles. The van der Waals surface area contributed by atoms with Gasteiger partial charge in [0.15, 0.2) is 0 Å². The van der Waals surface area contributed by atoms with Crippen molar-refractivity contribution in [3.05, 3.63) is 78.1 Å². The van der Waals surface area contributed by atoms with Crippen LogP contribution in [-0.4, -0.2) is 16.8 Å². The third kappa shape index (κ3) is 3.26. The van der Waals surface area contributed by atoms with E-state index in [4.69, 9.17) is 0 Å². The van der Waals surface area contributed by atoms with Crippen LogP contribution < -0.4 is 5.32 Å². The first kappa shape index (κ1) is 14.5. The van der Waals surface area contributed by atoms with Crippen molar-refractivity contribution in [3.63, 3.8) is 0 Å². The van der Waals surface area contributed by atoms with Gasteiger partial charge in [-0.1, -0.05) is 48.5 Å². The number of hydrogen-bond donors (Lipinski definition) is 1. The Morgan fingerprint density at radius 2 is 1.86 bits per heavy atom. The van der Waals surface area contributed by atoms with E-state index in [1.807, 2.05) is 24.0 Å². The van der Waals surface area contributed by atoms with Crippen LogP contribution in [0.2, 0.25) is 0 Å². The smallest absolute Gasteiger partial charge is 0.0659 e. The summed E-state index contributed by atoms with van der Waals surface area (Å²) in [5.41, 5.74) is 4.91. The molecule has 112 valence electrons. The molecule has 0 spiro atoms. The molecule has 1 heterocycles. The lowest BCUT2D eigenvalue weighted by atomic mass is 10.0. The van der Waals surface area contributed by atoms with Crippen molar-refractivity contribution in [2.24, 2.45) is 0 Å². The minimum Gasteiger partial charge on any atom is -0.313 e. The Morgan fingerprint density at radius 3 is 2.64 bits per heavy atom. The second kappa shape index (κ2) is 6.58. The van der Waals surface area contributed by atoms with Gasteiger partial charge < -0.3 is 5.32 Å². The zero-order valence-electron chi connectivity index (χ0n) is 13.0. The lowest BCUT2D eigenvalue weighted by Crippen LogP contribution is -2.12. The maximum atomic E-state index is 4.48. The molecule has 2 aromatic carbocycles. The first-order chi connectivity index (χ1) is 10.8. The molecule has 1 N–H and O–H groups in total. The first-order valence-electron chi connectivity index (χ1n) is 7.60. The molecule has 1 unspecified atom stereocenters. The van der Waals surface area contributed by atoms with E-state index in [2.05, 4.69) is 72.1 Å². The van der Waals surface area contributed by atoms with Gasteiger partial charge in [0.05, 0.1) is 12.7 Å². The molecular weight excluding hydrogens is 270 g/mol. The summed E-state index contributed by atoms with van der Waals surface area (Å²) in [5, 5.41) is 7.76. The van der Waals surface area contributed by atoms with Crippen molar-refractivity contribution in [3.8, 4) is 11.1 Å². The topological polar surface area (TPSA) is 29.9 Å². The minimum atomic E-state index is 0.347. The first-order valence-corrected chi connectivity index (χ1v) is 7.60. The van der Waals surface area contributed by atoms with Crippen LogP contribution >= 0.6 is 0 Å². The highest BCUT2D eigenvalue weighted by atomic mass is 15.3. The Kier molecular flexibility index (Phi) is 4.35. The Hall–Kier alpha value is -2.39. The largest absolute Gasteiger partial charge is 0.313 e. The Morgan fingerprint density at radius 1 is 1.05 bits per heavy atom. The summed E-state index contributed by atoms with van der Waals surface area (Å²) in [6.07, 6.45) is 4.04. The fraction of sp³-hybridized carbons (Fsp3) is 0.211. The quantitative estimate of drug-likeness (QED) is 0.773. The molecule has 3 heteroatoms. The van der Waals surface area contributed by atoms with E-state index in [9.17, 15) is 0 Å². The van der Waals surface area contributed by atoms with Crippen LogP contribution in [0, 0.1) is 0 Å². The molecule has 0 saturated carbocycles. The monoisotopic (exact) mass is 291 g/mol. The minimum absolute atomic E-state index is 0.347. The normalized spacial score (nSPS) is 12.3. The summed E-state index contributed by atoms with van der Waals surface area (Å²) < 4.78 is 1.98. The van der Waals surface area contributed by atoms with Gasteiger partial charge in [0.2, 0.25) is 0 Å². The summed E-state index contributed by atoms with van der Waals surface area (Å²) in [6, 6.07) is 19.4. The Balaban J connectivity index is 1.82. The number of nitrogens with zero attached hydrogens (tertiary/aromatic N) is 2. The van der Waals surface area contributed by atoms with E-state index in [1.165, 1.54) is 16.7 Å². The molecule has 1 aromatic heterocycles. The number of rotatable bonds is 5. The van der Waals surface area contributed by atoms with Crippen molar-refractivity contribution in [1.29, 1.82) is 0 Å². The van der Waals surface area contributed by atoms with Crippen LogP contribution in [0.1, 0.15) is 24.1 Å². The van der Waals surface area contributed by atoms with Crippen molar-refractivity contribution in [2.45, 2.75) is 19.5 Å². The Bertz CT molecular complexity index is 731. The highest BCUT2D eigenvalue weighted by molar-refractivity contribution is 5.62. The molecule has 3 aromatic rings. The molecule has 0 radical (unpaired) electrons. The van der Waals surface area contributed by atoms with Crippen molar-refractivity contribution >= 4 is 0 Å². The van der Waals surface area contributed by atoms with E-state index < -0.39 is 0 Å². The van der Waals surface area contributed by atoms with Gasteiger partial charge >= 0.3 is 0 Å². The van der Waals surface area contributed by atoms with Gasteiger partial charge in [0.1, 0.15) is 0 Å². The van der Waals surface area contributed by atoms with Crippen molar-refractivity contribution < 1.29 is 0 Å². The molecule has 0 bridgehead atoms. The zero-order valence-corrected chi connectivity index (χ0v) is 13.0. The summed E-state index contributed by atoms with van der Waals surface area (Å²) in [5.74, 6) is 0. The van der Waals surface area contributed by atoms with Gasteiger partial charge in [0.25, 0.3) is 0 Å². The summed E-state index contributed by atoms with van der Waals surface area (Å²) in [6.45, 7) is 2.96. The highest BCUT2D eigenvalue weighted by Gasteiger charge is 2.06. The Labute approximate surface area is 131 Å². The van der Waals surface area contributed by atoms with Crippen molar-refractivity contribution in [2.75, 3.05) is 7.05 Å². The van der Waals surface area contributed by atoms with Gasteiger partial charge in [-0.25, -0.2) is 0 Å². The van der Waals surface area contributed by atoms with Gasteiger partial charge in [-0.3, -0.25) is 4.68 Å². The van der Waals surface area contributed by atoms with Crippen LogP contribution in [0.5, 0.6) is 0 Å². The van der Waals surface area contributed by atoms with E-state index in [0.717, 1.165) is 12.1 Å². The number of benzene rings is 2. The molecule has 22 heavy (non-hydrogen) atoms. The van der Waals surface area contributed by atoms with Crippen LogP contribution in [0.15, 0.2) is 67.0 Å². The summed E-state index contributed by atoms with van der Waals surface area (Å²) in [4.78, 5) is 0. The van der Waals surface area contributed by atoms with Crippen LogP contribution in [0.3, 0.4) is 0 Å². The molecule has 0 aliphatic carbocycles. The molecule has 3 nitrogen and oxygen atoms in total. The third-order valence-electron chi connectivity index (χ3n) is 3.97. The standard InChI is InChI=1S/C19H21N3/c1-15(20-2)17-9-6-10-18(11-17)19-12-21-22(14-19)13-16-7-4-3-5-8-16/h3-12,14-15,20H,13H2,1-2H3. The second-order valence-corrected chi connectivity index (χ2v) is 5.55. The SMILES string of the molecule is CNC(C)c1cccc(-c2cnn(Cc3ccccc3)c2)c1. The van der Waals surface area contributed by atoms with Crippen LogP contribution in [0.4, 0.5) is 0 Å². The van der Waals surface area contributed by atoms with E-state index in [1.54, 1.807) is 0 Å². The van der Waals surface area contributed by atoms with Crippen LogP contribution in [0.25, 0.3) is 11.1 Å². The lowest BCUT2D eigenvalue weighted by Gasteiger charge is -2.11. The zero-order chi connectivity index (χ0) is 15.4.